The van der Waals surface area contributed by atoms with Gasteiger partial charge in [0.1, 0.15) is 5.82 Å². The molecule has 11 nitrogen and oxygen atoms in total. The Labute approximate surface area is 190 Å². The molecule has 176 valence electrons. The summed E-state index contributed by atoms with van der Waals surface area (Å²) in [5.74, 6) is 0.367. The first-order chi connectivity index (χ1) is 15.9. The van der Waals surface area contributed by atoms with E-state index in [9.17, 15) is 19.2 Å². The van der Waals surface area contributed by atoms with Gasteiger partial charge in [-0.25, -0.2) is 9.78 Å². The third-order valence-corrected chi connectivity index (χ3v) is 6.23. The number of aromatic nitrogens is 3. The summed E-state index contributed by atoms with van der Waals surface area (Å²) in [7, 11) is 0. The predicted molar refractivity (Wildman–Crippen MR) is 123 cm³/mol. The number of nitrogen functional groups attached to an aromatic ring is 1. The zero-order valence-corrected chi connectivity index (χ0v) is 18.5. The van der Waals surface area contributed by atoms with Crippen LogP contribution in [0, 0.1) is 0 Å². The summed E-state index contributed by atoms with van der Waals surface area (Å²) >= 11 is 0. The van der Waals surface area contributed by atoms with E-state index in [2.05, 4.69) is 20.2 Å². The van der Waals surface area contributed by atoms with Crippen LogP contribution in [0.1, 0.15) is 30.5 Å². The summed E-state index contributed by atoms with van der Waals surface area (Å²) in [6.07, 6.45) is 4.81. The Morgan fingerprint density at radius 2 is 1.85 bits per heavy atom. The SMILES string of the molecule is Nc1ccc(N2CCN(C(=O)CNC(=O)CCn3c4c(c(=O)[nH]c3=O)CCCC4)CC2)nc1. The fourth-order valence-electron chi connectivity index (χ4n) is 4.39. The van der Waals surface area contributed by atoms with Crippen LogP contribution >= 0.6 is 0 Å². The molecule has 0 unspecified atom stereocenters. The first kappa shape index (κ1) is 22.6. The van der Waals surface area contributed by atoms with Gasteiger partial charge in [-0.15, -0.1) is 0 Å². The van der Waals surface area contributed by atoms with Crippen molar-refractivity contribution in [3.05, 3.63) is 50.4 Å². The predicted octanol–water partition coefficient (Wildman–Crippen LogP) is -0.752. The highest BCUT2D eigenvalue weighted by Gasteiger charge is 2.22. The quantitative estimate of drug-likeness (QED) is 0.519. The zero-order chi connectivity index (χ0) is 23.4. The molecule has 1 saturated heterocycles. The number of rotatable bonds is 6. The molecule has 0 aromatic carbocycles. The third kappa shape index (κ3) is 5.24. The Hall–Kier alpha value is -3.63. The summed E-state index contributed by atoms with van der Waals surface area (Å²) in [6.45, 7) is 2.47. The number of aromatic amines is 1. The molecule has 11 heteroatoms. The van der Waals surface area contributed by atoms with Crippen molar-refractivity contribution >= 4 is 23.3 Å². The maximum atomic E-state index is 12.5. The van der Waals surface area contributed by atoms with Gasteiger partial charge in [0.2, 0.25) is 11.8 Å². The van der Waals surface area contributed by atoms with Crippen LogP contribution in [-0.2, 0) is 29.0 Å². The second kappa shape index (κ2) is 9.88. The van der Waals surface area contributed by atoms with Gasteiger partial charge in [0.15, 0.2) is 0 Å². The third-order valence-electron chi connectivity index (χ3n) is 6.23. The monoisotopic (exact) mass is 455 g/mol. The van der Waals surface area contributed by atoms with E-state index in [1.54, 1.807) is 17.2 Å². The van der Waals surface area contributed by atoms with E-state index < -0.39 is 5.69 Å². The molecule has 3 heterocycles. The van der Waals surface area contributed by atoms with Crippen molar-refractivity contribution in [1.82, 2.24) is 24.8 Å². The van der Waals surface area contributed by atoms with E-state index in [4.69, 9.17) is 5.73 Å². The van der Waals surface area contributed by atoms with Crippen LogP contribution in [-0.4, -0.2) is 64.0 Å². The van der Waals surface area contributed by atoms with Crippen molar-refractivity contribution in [3.63, 3.8) is 0 Å². The number of hydrogen-bond acceptors (Lipinski definition) is 7. The fraction of sp³-hybridized carbons (Fsp3) is 0.500. The smallest absolute Gasteiger partial charge is 0.328 e. The fourth-order valence-corrected chi connectivity index (χ4v) is 4.39. The lowest BCUT2D eigenvalue weighted by Crippen LogP contribution is -2.51. The van der Waals surface area contributed by atoms with Crippen molar-refractivity contribution in [2.24, 2.45) is 0 Å². The number of nitrogens with one attached hydrogen (secondary N) is 2. The number of nitrogens with zero attached hydrogens (tertiary/aromatic N) is 4. The molecule has 33 heavy (non-hydrogen) atoms. The molecule has 4 rings (SSSR count). The number of fused-ring (bicyclic) bond motifs is 1. The number of pyridine rings is 1. The normalized spacial score (nSPS) is 15.8. The zero-order valence-electron chi connectivity index (χ0n) is 18.5. The molecule has 0 radical (unpaired) electrons. The number of carbonyl (C=O) groups is 2. The van der Waals surface area contributed by atoms with Crippen molar-refractivity contribution < 1.29 is 9.59 Å². The van der Waals surface area contributed by atoms with Crippen molar-refractivity contribution in [1.29, 1.82) is 0 Å². The molecule has 2 aromatic rings. The summed E-state index contributed by atoms with van der Waals surface area (Å²) in [6, 6.07) is 3.66. The summed E-state index contributed by atoms with van der Waals surface area (Å²) in [5, 5.41) is 2.65. The average molecular weight is 456 g/mol. The van der Waals surface area contributed by atoms with E-state index in [1.165, 1.54) is 4.57 Å². The van der Waals surface area contributed by atoms with Crippen LogP contribution in [0.25, 0.3) is 0 Å². The number of carbonyl (C=O) groups excluding carboxylic acids is 2. The molecule has 0 atom stereocenters. The van der Waals surface area contributed by atoms with Crippen LogP contribution in [0.3, 0.4) is 0 Å². The molecular weight excluding hydrogens is 426 g/mol. The Morgan fingerprint density at radius 3 is 2.58 bits per heavy atom. The van der Waals surface area contributed by atoms with Gasteiger partial charge in [0.25, 0.3) is 5.56 Å². The standard InChI is InChI=1S/C22H29N7O4/c23-15-5-6-18(24-13-15)27-9-11-28(12-10-27)20(31)14-25-19(30)7-8-29-17-4-2-1-3-16(17)21(32)26-22(29)33/h5-6,13H,1-4,7-12,14,23H2,(H,25,30)(H,26,32,33). The number of amides is 2. The lowest BCUT2D eigenvalue weighted by Gasteiger charge is -2.35. The minimum absolute atomic E-state index is 0.0578. The van der Waals surface area contributed by atoms with Gasteiger partial charge in [0, 0.05) is 50.4 Å². The lowest BCUT2D eigenvalue weighted by molar-refractivity contribution is -0.133. The Kier molecular flexibility index (Phi) is 6.76. The molecule has 0 bridgehead atoms. The molecule has 2 aliphatic rings. The van der Waals surface area contributed by atoms with E-state index in [0.29, 0.717) is 50.3 Å². The number of piperazine rings is 1. The van der Waals surface area contributed by atoms with Gasteiger partial charge < -0.3 is 20.9 Å². The molecule has 2 aromatic heterocycles. The minimum atomic E-state index is -0.488. The number of H-pyrrole nitrogens is 1. The molecule has 4 N–H and O–H groups in total. The summed E-state index contributed by atoms with van der Waals surface area (Å²) in [4.78, 5) is 59.6. The first-order valence-corrected chi connectivity index (χ1v) is 11.3. The van der Waals surface area contributed by atoms with Crippen molar-refractivity contribution in [2.45, 2.75) is 38.6 Å². The number of nitrogens with two attached hydrogens (primary N) is 1. The van der Waals surface area contributed by atoms with Crippen LogP contribution in [0.4, 0.5) is 11.5 Å². The Morgan fingerprint density at radius 1 is 1.09 bits per heavy atom. The number of anilines is 2. The van der Waals surface area contributed by atoms with E-state index in [0.717, 1.165) is 24.4 Å². The Balaban J connectivity index is 1.24. The molecule has 0 saturated carbocycles. The molecule has 1 aliphatic heterocycles. The topological polar surface area (TPSA) is 146 Å². The maximum Gasteiger partial charge on any atom is 0.328 e. The maximum absolute atomic E-state index is 12.5. The van der Waals surface area contributed by atoms with Gasteiger partial charge in [0.05, 0.1) is 18.4 Å². The highest BCUT2D eigenvalue weighted by Crippen LogP contribution is 2.17. The molecule has 0 spiro atoms. The van der Waals surface area contributed by atoms with Gasteiger partial charge in [-0.3, -0.25) is 23.9 Å². The van der Waals surface area contributed by atoms with Gasteiger partial charge in [-0.2, -0.15) is 0 Å². The van der Waals surface area contributed by atoms with Crippen LogP contribution in [0.2, 0.25) is 0 Å². The molecule has 1 aliphatic carbocycles. The van der Waals surface area contributed by atoms with E-state index in [1.807, 2.05) is 6.07 Å². The highest BCUT2D eigenvalue weighted by atomic mass is 16.2. The number of hydrogen-bond donors (Lipinski definition) is 3. The summed E-state index contributed by atoms with van der Waals surface area (Å²) < 4.78 is 1.49. The highest BCUT2D eigenvalue weighted by molar-refractivity contribution is 5.84. The molecule has 2 amide bonds. The average Bonchev–Trinajstić information content (AvgIpc) is 2.83. The van der Waals surface area contributed by atoms with Crippen LogP contribution in [0.5, 0.6) is 0 Å². The largest absolute Gasteiger partial charge is 0.397 e. The first-order valence-electron chi connectivity index (χ1n) is 11.3. The van der Waals surface area contributed by atoms with Gasteiger partial charge in [-0.05, 0) is 37.8 Å². The van der Waals surface area contributed by atoms with E-state index in [-0.39, 0.29) is 36.9 Å². The van der Waals surface area contributed by atoms with Crippen molar-refractivity contribution in [2.75, 3.05) is 43.4 Å². The second-order valence-electron chi connectivity index (χ2n) is 8.39. The molecule has 1 fully saturated rings. The van der Waals surface area contributed by atoms with Gasteiger partial charge >= 0.3 is 5.69 Å². The summed E-state index contributed by atoms with van der Waals surface area (Å²) in [5.41, 5.74) is 6.84. The lowest BCUT2D eigenvalue weighted by atomic mass is 9.97. The van der Waals surface area contributed by atoms with Crippen LogP contribution in [0.15, 0.2) is 27.9 Å². The van der Waals surface area contributed by atoms with Gasteiger partial charge in [-0.1, -0.05) is 0 Å². The minimum Gasteiger partial charge on any atom is -0.397 e. The van der Waals surface area contributed by atoms with E-state index >= 15 is 0 Å². The second-order valence-corrected chi connectivity index (χ2v) is 8.39. The van der Waals surface area contributed by atoms with Crippen LogP contribution < -0.4 is 27.2 Å². The Bertz CT molecular complexity index is 1130. The molecular formula is C22H29N7O4. The van der Waals surface area contributed by atoms with Crippen molar-refractivity contribution in [3.8, 4) is 0 Å².